The molecule has 32 heavy (non-hydrogen) atoms. The van der Waals surface area contributed by atoms with Crippen LogP contribution in [0.25, 0.3) is 0 Å². The highest BCUT2D eigenvalue weighted by Gasteiger charge is 2.31. The zero-order chi connectivity index (χ0) is 25.0. The molecule has 0 aliphatic carbocycles. The SMILES string of the molecule is CCC(C)C(N)C(=O)NC(CC(N)=O)C(=O)NC(CS)C(=O)NC(CCC(N)=O)C(=O)O. The number of carbonyl (C=O) groups is 6. The molecule has 0 aliphatic rings. The average Bonchev–Trinajstić information content (AvgIpc) is 2.71. The van der Waals surface area contributed by atoms with Crippen LogP contribution in [0, 0.1) is 5.92 Å². The van der Waals surface area contributed by atoms with Crippen LogP contribution in [-0.4, -0.2) is 70.5 Å². The van der Waals surface area contributed by atoms with Gasteiger partial charge in [0.05, 0.1) is 12.5 Å². The lowest BCUT2D eigenvalue weighted by atomic mass is 9.99. The molecule has 0 aromatic heterocycles. The molecule has 0 rings (SSSR count). The van der Waals surface area contributed by atoms with Crippen molar-refractivity contribution in [1.29, 1.82) is 0 Å². The number of rotatable bonds is 15. The molecule has 0 saturated carbocycles. The molecular weight excluding hydrogens is 444 g/mol. The minimum absolute atomic E-state index is 0.198. The number of carboxylic acids is 1. The molecule has 5 amide bonds. The minimum Gasteiger partial charge on any atom is -0.480 e. The Hall–Kier alpha value is -2.87. The van der Waals surface area contributed by atoms with Gasteiger partial charge in [-0.25, -0.2) is 4.79 Å². The Bertz CT molecular complexity index is 720. The molecule has 5 unspecified atom stereocenters. The number of hydrogen-bond donors (Lipinski definition) is 8. The Balaban J connectivity index is 5.29. The van der Waals surface area contributed by atoms with Crippen LogP contribution in [0.5, 0.6) is 0 Å². The van der Waals surface area contributed by atoms with Gasteiger partial charge < -0.3 is 38.3 Å². The smallest absolute Gasteiger partial charge is 0.326 e. The van der Waals surface area contributed by atoms with Gasteiger partial charge in [-0.05, 0) is 12.3 Å². The minimum atomic E-state index is -1.43. The maximum Gasteiger partial charge on any atom is 0.326 e. The van der Waals surface area contributed by atoms with E-state index in [0.29, 0.717) is 6.42 Å². The van der Waals surface area contributed by atoms with Gasteiger partial charge in [-0.1, -0.05) is 20.3 Å². The van der Waals surface area contributed by atoms with Crippen LogP contribution in [0.4, 0.5) is 0 Å². The van der Waals surface area contributed by atoms with Crippen molar-refractivity contribution in [2.75, 3.05) is 5.75 Å². The zero-order valence-electron chi connectivity index (χ0n) is 18.0. The molecule has 13 nitrogen and oxygen atoms in total. The lowest BCUT2D eigenvalue weighted by molar-refractivity contribution is -0.142. The predicted octanol–water partition coefficient (Wildman–Crippen LogP) is -3.03. The standard InChI is InChI=1S/C18H32N6O7S/c1-3-8(2)14(21)17(29)23-10(6-13(20)26)15(27)24-11(7-32)16(28)22-9(18(30)31)4-5-12(19)25/h8-11,14,32H,3-7,21H2,1-2H3,(H2,19,25)(H2,20,26)(H,22,28)(H,23,29)(H,24,27)(H,30,31). The van der Waals surface area contributed by atoms with Crippen LogP contribution < -0.4 is 33.2 Å². The summed E-state index contributed by atoms with van der Waals surface area (Å²) in [5.41, 5.74) is 16.0. The number of carboxylic acid groups (broad SMARTS) is 1. The van der Waals surface area contributed by atoms with Crippen molar-refractivity contribution in [2.45, 2.75) is 63.7 Å². The monoisotopic (exact) mass is 476 g/mol. The van der Waals surface area contributed by atoms with Crippen molar-refractivity contribution in [1.82, 2.24) is 16.0 Å². The van der Waals surface area contributed by atoms with Gasteiger partial charge >= 0.3 is 5.97 Å². The normalized spacial score (nSPS) is 15.4. The molecule has 0 fully saturated rings. The van der Waals surface area contributed by atoms with Crippen molar-refractivity contribution in [2.24, 2.45) is 23.1 Å². The third-order valence-corrected chi connectivity index (χ3v) is 5.07. The molecule has 0 spiro atoms. The van der Waals surface area contributed by atoms with Gasteiger partial charge in [0.25, 0.3) is 0 Å². The first kappa shape index (κ1) is 29.1. The highest BCUT2D eigenvalue weighted by Crippen LogP contribution is 2.06. The highest BCUT2D eigenvalue weighted by molar-refractivity contribution is 7.80. The fourth-order valence-electron chi connectivity index (χ4n) is 2.47. The van der Waals surface area contributed by atoms with Gasteiger partial charge in [-0.3, -0.25) is 24.0 Å². The third-order valence-electron chi connectivity index (χ3n) is 4.71. The maximum absolute atomic E-state index is 12.6. The first-order valence-corrected chi connectivity index (χ1v) is 10.5. The Kier molecular flexibility index (Phi) is 13.0. The summed E-state index contributed by atoms with van der Waals surface area (Å²) in [6, 6.07) is -5.08. The topological polar surface area (TPSA) is 237 Å². The van der Waals surface area contributed by atoms with Crippen LogP contribution in [0.3, 0.4) is 0 Å². The second-order valence-corrected chi connectivity index (χ2v) is 7.66. The number of primary amides is 2. The first-order valence-electron chi connectivity index (χ1n) is 9.90. The van der Waals surface area contributed by atoms with Crippen LogP contribution in [0.15, 0.2) is 0 Å². The van der Waals surface area contributed by atoms with E-state index in [-0.39, 0.29) is 24.5 Å². The van der Waals surface area contributed by atoms with Crippen LogP contribution >= 0.6 is 12.6 Å². The van der Waals surface area contributed by atoms with Crippen molar-refractivity contribution in [3.05, 3.63) is 0 Å². The fourth-order valence-corrected chi connectivity index (χ4v) is 2.73. The molecule has 0 radical (unpaired) electrons. The second kappa shape index (κ2) is 14.2. The van der Waals surface area contributed by atoms with E-state index < -0.39 is 66.1 Å². The van der Waals surface area contributed by atoms with Gasteiger partial charge in [-0.15, -0.1) is 0 Å². The van der Waals surface area contributed by atoms with Crippen LogP contribution in [0.2, 0.25) is 0 Å². The number of amides is 5. The molecule has 10 N–H and O–H groups in total. The van der Waals surface area contributed by atoms with Gasteiger partial charge in [0.2, 0.25) is 29.5 Å². The van der Waals surface area contributed by atoms with E-state index in [0.717, 1.165) is 0 Å². The number of nitrogens with one attached hydrogen (secondary N) is 3. The second-order valence-electron chi connectivity index (χ2n) is 7.29. The molecule has 0 heterocycles. The molecule has 0 bridgehead atoms. The van der Waals surface area contributed by atoms with Gasteiger partial charge in [0.1, 0.15) is 18.1 Å². The van der Waals surface area contributed by atoms with Crippen LogP contribution in [-0.2, 0) is 28.8 Å². The molecular formula is C18H32N6O7S. The lowest BCUT2D eigenvalue weighted by Crippen LogP contribution is -2.58. The highest BCUT2D eigenvalue weighted by atomic mass is 32.1. The molecule has 0 saturated heterocycles. The Morgan fingerprint density at radius 2 is 1.38 bits per heavy atom. The van der Waals surface area contributed by atoms with Gasteiger partial charge in [0, 0.05) is 12.2 Å². The van der Waals surface area contributed by atoms with E-state index in [1.165, 1.54) is 0 Å². The van der Waals surface area contributed by atoms with Crippen molar-refractivity contribution >= 4 is 48.1 Å². The predicted molar refractivity (Wildman–Crippen MR) is 117 cm³/mol. The first-order chi connectivity index (χ1) is 14.8. The van der Waals surface area contributed by atoms with Crippen LogP contribution in [0.1, 0.15) is 39.5 Å². The lowest BCUT2D eigenvalue weighted by Gasteiger charge is -2.25. The zero-order valence-corrected chi connectivity index (χ0v) is 18.9. The Morgan fingerprint density at radius 3 is 1.81 bits per heavy atom. The molecule has 14 heteroatoms. The fraction of sp³-hybridized carbons (Fsp3) is 0.667. The van der Waals surface area contributed by atoms with E-state index >= 15 is 0 Å². The number of thiol groups is 1. The summed E-state index contributed by atoms with van der Waals surface area (Å²) in [5.74, 6) is -5.94. The molecule has 182 valence electrons. The van der Waals surface area contributed by atoms with E-state index in [1.807, 2.05) is 6.92 Å². The summed E-state index contributed by atoms with van der Waals surface area (Å²) in [6.45, 7) is 3.57. The third kappa shape index (κ3) is 10.4. The summed E-state index contributed by atoms with van der Waals surface area (Å²) < 4.78 is 0. The molecule has 0 aromatic carbocycles. The number of nitrogens with two attached hydrogens (primary N) is 3. The van der Waals surface area contributed by atoms with Gasteiger partial charge in [0.15, 0.2) is 0 Å². The number of hydrogen-bond acceptors (Lipinski definition) is 8. The molecule has 0 aliphatic heterocycles. The van der Waals surface area contributed by atoms with E-state index in [1.54, 1.807) is 6.92 Å². The summed E-state index contributed by atoms with van der Waals surface area (Å²) in [5, 5.41) is 16.0. The summed E-state index contributed by atoms with van der Waals surface area (Å²) in [7, 11) is 0. The van der Waals surface area contributed by atoms with Crippen molar-refractivity contribution in [3.63, 3.8) is 0 Å². The summed E-state index contributed by atoms with van der Waals surface area (Å²) in [6.07, 6.45) is -0.485. The maximum atomic E-state index is 12.6. The summed E-state index contributed by atoms with van der Waals surface area (Å²) >= 11 is 3.97. The Morgan fingerprint density at radius 1 is 0.875 bits per heavy atom. The largest absolute Gasteiger partial charge is 0.480 e. The molecule has 5 atom stereocenters. The van der Waals surface area contributed by atoms with Crippen molar-refractivity contribution in [3.8, 4) is 0 Å². The number of carbonyl (C=O) groups excluding carboxylic acids is 5. The quantitative estimate of drug-likeness (QED) is 0.113. The number of aliphatic carboxylic acids is 1. The van der Waals surface area contributed by atoms with E-state index in [2.05, 4.69) is 28.6 Å². The van der Waals surface area contributed by atoms with E-state index in [4.69, 9.17) is 17.2 Å². The van der Waals surface area contributed by atoms with Crippen molar-refractivity contribution < 1.29 is 33.9 Å². The molecule has 0 aromatic rings. The average molecular weight is 477 g/mol. The Labute approximate surface area is 191 Å². The van der Waals surface area contributed by atoms with Gasteiger partial charge in [-0.2, -0.15) is 12.6 Å². The summed E-state index contributed by atoms with van der Waals surface area (Å²) in [4.78, 5) is 70.9. The van der Waals surface area contributed by atoms with E-state index in [9.17, 15) is 33.9 Å².